The van der Waals surface area contributed by atoms with Gasteiger partial charge in [0.2, 0.25) is 0 Å². The smallest absolute Gasteiger partial charge is 0.410 e. The summed E-state index contributed by atoms with van der Waals surface area (Å²) in [7, 11) is 0. The van der Waals surface area contributed by atoms with Crippen molar-refractivity contribution in [1.82, 2.24) is 14.5 Å². The summed E-state index contributed by atoms with van der Waals surface area (Å²) in [6, 6.07) is 5.88. The number of aromatic nitrogens is 2. The predicted molar refractivity (Wildman–Crippen MR) is 109 cm³/mol. The molecular weight excluding hydrogens is 362 g/mol. The van der Waals surface area contributed by atoms with Gasteiger partial charge in [-0.1, -0.05) is 31.0 Å². The van der Waals surface area contributed by atoms with Crippen LogP contribution in [0.4, 0.5) is 4.79 Å². The molecule has 27 heavy (non-hydrogen) atoms. The third kappa shape index (κ3) is 4.57. The summed E-state index contributed by atoms with van der Waals surface area (Å²) in [5, 5.41) is 0.738. The number of aryl methyl sites for hydroxylation is 1. The number of hydrogen-bond acceptors (Lipinski definition) is 3. The van der Waals surface area contributed by atoms with E-state index < -0.39 is 5.60 Å². The van der Waals surface area contributed by atoms with Gasteiger partial charge in [0, 0.05) is 25.6 Å². The van der Waals surface area contributed by atoms with Crippen molar-refractivity contribution in [3.05, 3.63) is 29.0 Å². The van der Waals surface area contributed by atoms with Crippen LogP contribution < -0.4 is 0 Å². The lowest BCUT2D eigenvalue weighted by Gasteiger charge is -2.34. The van der Waals surface area contributed by atoms with Crippen LogP contribution in [0, 0.1) is 0 Å². The fraction of sp³-hybridized carbons (Fsp3) is 0.619. The van der Waals surface area contributed by atoms with Crippen molar-refractivity contribution in [3.8, 4) is 0 Å². The van der Waals surface area contributed by atoms with Gasteiger partial charge in [-0.15, -0.1) is 0 Å². The van der Waals surface area contributed by atoms with Crippen molar-refractivity contribution < 1.29 is 9.53 Å². The van der Waals surface area contributed by atoms with Gasteiger partial charge in [0.15, 0.2) is 0 Å². The molecule has 0 bridgehead atoms. The fourth-order valence-electron chi connectivity index (χ4n) is 3.69. The molecule has 0 aliphatic carbocycles. The van der Waals surface area contributed by atoms with Gasteiger partial charge in [-0.25, -0.2) is 9.78 Å². The number of para-hydroxylation sites is 1. The number of amides is 1. The number of fused-ring (bicyclic) bond motifs is 1. The first-order valence-corrected chi connectivity index (χ1v) is 10.3. The number of benzene rings is 1. The van der Waals surface area contributed by atoms with Crippen molar-refractivity contribution >= 4 is 28.7 Å². The Labute approximate surface area is 166 Å². The van der Waals surface area contributed by atoms with Gasteiger partial charge >= 0.3 is 6.09 Å². The largest absolute Gasteiger partial charge is 0.444 e. The van der Waals surface area contributed by atoms with E-state index in [0.29, 0.717) is 6.54 Å². The highest BCUT2D eigenvalue weighted by Crippen LogP contribution is 2.33. The molecule has 0 spiro atoms. The first-order valence-electron chi connectivity index (χ1n) is 9.92. The van der Waals surface area contributed by atoms with E-state index in [4.69, 9.17) is 21.3 Å². The Balaban J connectivity index is 1.89. The van der Waals surface area contributed by atoms with Gasteiger partial charge in [0.1, 0.15) is 11.4 Å². The minimum atomic E-state index is -0.480. The summed E-state index contributed by atoms with van der Waals surface area (Å²) in [6.07, 6.45) is 3.92. The van der Waals surface area contributed by atoms with Gasteiger partial charge in [-0.2, -0.15) is 0 Å². The first-order chi connectivity index (χ1) is 12.8. The van der Waals surface area contributed by atoms with Crippen LogP contribution in [-0.2, 0) is 11.3 Å². The number of unbranched alkanes of at least 4 members (excludes halogenated alkanes) is 1. The standard InChI is InChI=1S/C21H30ClN3O2/c1-5-6-13-25-18-16(22)10-7-11-17(18)23-19(25)15-9-8-12-24(14-15)20(26)27-21(2,3)4/h7,10-11,15H,5-6,8-9,12-14H2,1-4H3/t15-/m1/s1. The average molecular weight is 392 g/mol. The Hall–Kier alpha value is -1.75. The minimum Gasteiger partial charge on any atom is -0.444 e. The number of likely N-dealkylation sites (tertiary alicyclic amines) is 1. The van der Waals surface area contributed by atoms with Crippen LogP contribution in [0.2, 0.25) is 5.02 Å². The van der Waals surface area contributed by atoms with Crippen molar-refractivity contribution in [2.45, 2.75) is 71.4 Å². The number of imidazole rings is 1. The van der Waals surface area contributed by atoms with E-state index in [-0.39, 0.29) is 12.0 Å². The molecule has 1 amide bonds. The molecule has 1 saturated heterocycles. The third-order valence-electron chi connectivity index (χ3n) is 4.92. The zero-order chi connectivity index (χ0) is 19.6. The lowest BCUT2D eigenvalue weighted by Crippen LogP contribution is -2.42. The molecule has 1 aliphatic rings. The van der Waals surface area contributed by atoms with E-state index in [0.717, 1.165) is 60.7 Å². The van der Waals surface area contributed by atoms with E-state index in [1.165, 1.54) is 0 Å². The van der Waals surface area contributed by atoms with Crippen LogP contribution in [0.3, 0.4) is 0 Å². The molecule has 1 aromatic heterocycles. The maximum Gasteiger partial charge on any atom is 0.410 e. The topological polar surface area (TPSA) is 47.4 Å². The number of hydrogen-bond donors (Lipinski definition) is 0. The molecule has 0 saturated carbocycles. The van der Waals surface area contributed by atoms with E-state index in [1.54, 1.807) is 0 Å². The zero-order valence-electron chi connectivity index (χ0n) is 16.8. The number of rotatable bonds is 4. The second-order valence-electron chi connectivity index (χ2n) is 8.35. The lowest BCUT2D eigenvalue weighted by atomic mass is 9.97. The molecule has 3 rings (SSSR count). The molecule has 2 heterocycles. The van der Waals surface area contributed by atoms with E-state index in [2.05, 4.69) is 11.5 Å². The van der Waals surface area contributed by atoms with Gasteiger partial charge in [0.05, 0.1) is 16.1 Å². The van der Waals surface area contributed by atoms with Crippen LogP contribution >= 0.6 is 11.6 Å². The summed E-state index contributed by atoms with van der Waals surface area (Å²) in [4.78, 5) is 19.3. The normalized spacial score (nSPS) is 18.1. The summed E-state index contributed by atoms with van der Waals surface area (Å²) >= 11 is 6.50. The van der Waals surface area contributed by atoms with Gasteiger partial charge in [-0.05, 0) is 52.2 Å². The number of ether oxygens (including phenoxy) is 1. The summed E-state index contributed by atoms with van der Waals surface area (Å²) in [5.41, 5.74) is 1.46. The Morgan fingerprint density at radius 3 is 2.85 bits per heavy atom. The van der Waals surface area contributed by atoms with E-state index in [9.17, 15) is 4.79 Å². The number of nitrogens with zero attached hydrogens (tertiary/aromatic N) is 3. The van der Waals surface area contributed by atoms with Crippen molar-refractivity contribution in [2.75, 3.05) is 13.1 Å². The number of carbonyl (C=O) groups excluding carboxylic acids is 1. The molecule has 1 aromatic carbocycles. The maximum atomic E-state index is 12.5. The molecule has 1 atom stereocenters. The van der Waals surface area contributed by atoms with E-state index >= 15 is 0 Å². The molecule has 1 aliphatic heterocycles. The monoisotopic (exact) mass is 391 g/mol. The quantitative estimate of drug-likeness (QED) is 0.681. The summed E-state index contributed by atoms with van der Waals surface area (Å²) < 4.78 is 7.84. The highest BCUT2D eigenvalue weighted by molar-refractivity contribution is 6.35. The number of piperidine rings is 1. The van der Waals surface area contributed by atoms with Crippen molar-refractivity contribution in [2.24, 2.45) is 0 Å². The van der Waals surface area contributed by atoms with Crippen LogP contribution in [0.1, 0.15) is 65.1 Å². The number of carbonyl (C=O) groups is 1. The summed E-state index contributed by atoms with van der Waals surface area (Å²) in [6.45, 7) is 10.2. The Kier molecular flexibility index (Phi) is 5.99. The molecular formula is C21H30ClN3O2. The second-order valence-corrected chi connectivity index (χ2v) is 8.76. The highest BCUT2D eigenvalue weighted by Gasteiger charge is 2.31. The minimum absolute atomic E-state index is 0.201. The third-order valence-corrected chi connectivity index (χ3v) is 5.23. The summed E-state index contributed by atoms with van der Waals surface area (Å²) in [5.74, 6) is 1.24. The Bertz CT molecular complexity index is 810. The van der Waals surface area contributed by atoms with Gasteiger partial charge in [-0.3, -0.25) is 0 Å². The molecule has 148 valence electrons. The van der Waals surface area contributed by atoms with Crippen LogP contribution in [0.25, 0.3) is 11.0 Å². The SMILES string of the molecule is CCCCn1c([C@@H]2CCCN(C(=O)OC(C)(C)C)C2)nc2cccc(Cl)c21. The molecule has 0 unspecified atom stereocenters. The zero-order valence-corrected chi connectivity index (χ0v) is 17.6. The van der Waals surface area contributed by atoms with Crippen LogP contribution in [-0.4, -0.2) is 39.2 Å². The van der Waals surface area contributed by atoms with Crippen LogP contribution in [0.5, 0.6) is 0 Å². The predicted octanol–water partition coefficient (Wildman–Crippen LogP) is 5.60. The van der Waals surface area contributed by atoms with Gasteiger partial charge in [0.25, 0.3) is 0 Å². The molecule has 1 fully saturated rings. The molecule has 2 aromatic rings. The lowest BCUT2D eigenvalue weighted by molar-refractivity contribution is 0.0195. The Morgan fingerprint density at radius 2 is 2.15 bits per heavy atom. The van der Waals surface area contributed by atoms with E-state index in [1.807, 2.05) is 43.9 Å². The fourth-order valence-corrected chi connectivity index (χ4v) is 3.97. The second kappa shape index (κ2) is 8.09. The molecule has 0 N–H and O–H groups in total. The van der Waals surface area contributed by atoms with Crippen molar-refractivity contribution in [3.63, 3.8) is 0 Å². The molecule has 5 nitrogen and oxygen atoms in total. The average Bonchev–Trinajstić information content (AvgIpc) is 2.98. The number of halogens is 1. The molecule has 6 heteroatoms. The first kappa shape index (κ1) is 20.0. The molecule has 0 radical (unpaired) electrons. The highest BCUT2D eigenvalue weighted by atomic mass is 35.5. The van der Waals surface area contributed by atoms with Crippen LogP contribution in [0.15, 0.2) is 18.2 Å². The Morgan fingerprint density at radius 1 is 1.37 bits per heavy atom. The van der Waals surface area contributed by atoms with Gasteiger partial charge < -0.3 is 14.2 Å². The maximum absolute atomic E-state index is 12.5. The van der Waals surface area contributed by atoms with Crippen molar-refractivity contribution in [1.29, 1.82) is 0 Å².